The van der Waals surface area contributed by atoms with Crippen LogP contribution in [0.2, 0.25) is 0 Å². The van der Waals surface area contributed by atoms with E-state index in [-0.39, 0.29) is 48.7 Å². The number of amides is 3. The van der Waals surface area contributed by atoms with Gasteiger partial charge in [-0.15, -0.1) is 11.3 Å². The number of thiazole rings is 1. The monoisotopic (exact) mass is 511 g/mol. The fourth-order valence-electron chi connectivity index (χ4n) is 4.10. The topological polar surface area (TPSA) is 133 Å². The van der Waals surface area contributed by atoms with E-state index < -0.39 is 11.9 Å². The molecule has 2 heterocycles. The van der Waals surface area contributed by atoms with Crippen molar-refractivity contribution in [3.63, 3.8) is 0 Å². The first-order valence-corrected chi connectivity index (χ1v) is 13.1. The Morgan fingerprint density at radius 2 is 2.00 bits per heavy atom. The molecule has 36 heavy (non-hydrogen) atoms. The molecule has 0 saturated carbocycles. The van der Waals surface area contributed by atoms with Crippen molar-refractivity contribution in [3.05, 3.63) is 40.9 Å². The Morgan fingerprint density at radius 1 is 1.25 bits per heavy atom. The Bertz CT molecular complexity index is 1150. The van der Waals surface area contributed by atoms with Crippen LogP contribution in [-0.4, -0.2) is 54.5 Å². The third kappa shape index (κ3) is 7.35. The summed E-state index contributed by atoms with van der Waals surface area (Å²) in [5, 5.41) is 18.2. The number of nitrogens with one attached hydrogen (secondary N) is 3. The van der Waals surface area contributed by atoms with Crippen LogP contribution in [0.25, 0.3) is 10.2 Å². The molecule has 2 aromatic rings. The van der Waals surface area contributed by atoms with Gasteiger partial charge in [0.2, 0.25) is 11.8 Å². The summed E-state index contributed by atoms with van der Waals surface area (Å²) in [7, 11) is 0. The molecule has 1 aromatic heterocycles. The second-order valence-corrected chi connectivity index (χ2v) is 9.92. The van der Waals surface area contributed by atoms with E-state index in [1.54, 1.807) is 13.0 Å². The molecule has 1 aliphatic rings. The van der Waals surface area contributed by atoms with Gasteiger partial charge in [0.05, 0.1) is 15.2 Å². The van der Waals surface area contributed by atoms with E-state index in [1.807, 2.05) is 12.1 Å². The molecule has 1 unspecified atom stereocenters. The largest absolute Gasteiger partial charge is 0.381 e. The highest BCUT2D eigenvalue weighted by Crippen LogP contribution is 2.25. The first kappa shape index (κ1) is 27.3. The Kier molecular flexibility index (Phi) is 9.96. The zero-order chi connectivity index (χ0) is 26.1. The third-order valence-corrected chi connectivity index (χ3v) is 7.35. The number of aryl methyl sites for hydroxylation is 1. The van der Waals surface area contributed by atoms with E-state index in [0.717, 1.165) is 34.5 Å². The van der Waals surface area contributed by atoms with Crippen LogP contribution >= 0.6 is 11.3 Å². The van der Waals surface area contributed by atoms with Crippen molar-refractivity contribution < 1.29 is 19.1 Å². The number of benzene rings is 1. The predicted molar refractivity (Wildman–Crippen MR) is 138 cm³/mol. The van der Waals surface area contributed by atoms with Crippen LogP contribution in [0.5, 0.6) is 0 Å². The summed E-state index contributed by atoms with van der Waals surface area (Å²) in [5.74, 6) is -1.06. The van der Waals surface area contributed by atoms with E-state index in [4.69, 9.17) is 10.00 Å². The fourth-order valence-corrected chi connectivity index (χ4v) is 5.18. The summed E-state index contributed by atoms with van der Waals surface area (Å²) >= 11 is 1.52. The molecule has 0 radical (unpaired) electrons. The minimum atomic E-state index is -0.809. The van der Waals surface area contributed by atoms with Gasteiger partial charge in [-0.2, -0.15) is 5.26 Å². The third-order valence-electron chi connectivity index (χ3n) is 6.31. The van der Waals surface area contributed by atoms with Crippen LogP contribution in [0.1, 0.15) is 43.7 Å². The average molecular weight is 512 g/mol. The summed E-state index contributed by atoms with van der Waals surface area (Å²) in [6, 6.07) is 6.66. The maximum Gasteiger partial charge on any atom is 0.261 e. The molecule has 9 nitrogen and oxygen atoms in total. The summed E-state index contributed by atoms with van der Waals surface area (Å²) in [6.45, 7) is 8.54. The smallest absolute Gasteiger partial charge is 0.261 e. The second kappa shape index (κ2) is 13.1. The Labute approximate surface area is 215 Å². The first-order chi connectivity index (χ1) is 17.3. The van der Waals surface area contributed by atoms with Crippen LogP contribution in [0.3, 0.4) is 0 Å². The highest BCUT2D eigenvalue weighted by Gasteiger charge is 2.30. The number of ether oxygens (including phenoxy) is 1. The molecular weight excluding hydrogens is 478 g/mol. The van der Waals surface area contributed by atoms with Crippen molar-refractivity contribution in [1.29, 1.82) is 5.26 Å². The van der Waals surface area contributed by atoms with Gasteiger partial charge in [-0.3, -0.25) is 14.4 Å². The molecule has 0 spiro atoms. The zero-order valence-corrected chi connectivity index (χ0v) is 21.6. The summed E-state index contributed by atoms with van der Waals surface area (Å²) in [4.78, 5) is 42.5. The van der Waals surface area contributed by atoms with E-state index in [2.05, 4.69) is 40.5 Å². The zero-order valence-electron chi connectivity index (χ0n) is 20.8. The highest BCUT2D eigenvalue weighted by atomic mass is 32.1. The van der Waals surface area contributed by atoms with Gasteiger partial charge in [-0.1, -0.05) is 26.5 Å². The molecular formula is C26H33N5O4S. The van der Waals surface area contributed by atoms with Crippen molar-refractivity contribution in [2.45, 2.75) is 58.0 Å². The van der Waals surface area contributed by atoms with E-state index in [1.165, 1.54) is 16.9 Å². The summed E-state index contributed by atoms with van der Waals surface area (Å²) in [5.41, 5.74) is 1.89. The van der Waals surface area contributed by atoms with Crippen LogP contribution in [0, 0.1) is 17.2 Å². The molecule has 0 bridgehead atoms. The molecule has 3 amide bonds. The van der Waals surface area contributed by atoms with Gasteiger partial charge < -0.3 is 20.7 Å². The maximum atomic E-state index is 13.4. The number of nitriles is 1. The first-order valence-electron chi connectivity index (χ1n) is 12.3. The Hall–Kier alpha value is -3.29. The number of carbonyl (C=O) groups excluding carboxylic acids is 3. The van der Waals surface area contributed by atoms with Gasteiger partial charge >= 0.3 is 0 Å². The van der Waals surface area contributed by atoms with Crippen LogP contribution in [-0.2, 0) is 32.0 Å². The second-order valence-electron chi connectivity index (χ2n) is 8.81. The average Bonchev–Trinajstić information content (AvgIpc) is 3.31. The fraction of sp³-hybridized carbons (Fsp3) is 0.500. The SMILES string of the molecule is C=C(C#N)C(=O)NCC(NC(=O)[C@H](Cc1nc2ccc(CC)cc2s1)NC(=O)CC)C1CCOCC1. The normalized spacial score (nSPS) is 15.5. The van der Waals surface area contributed by atoms with Crippen molar-refractivity contribution in [1.82, 2.24) is 20.9 Å². The van der Waals surface area contributed by atoms with Gasteiger partial charge in [0.25, 0.3) is 5.91 Å². The minimum absolute atomic E-state index is 0.0794. The highest BCUT2D eigenvalue weighted by molar-refractivity contribution is 7.18. The minimum Gasteiger partial charge on any atom is -0.381 e. The van der Waals surface area contributed by atoms with E-state index in [0.29, 0.717) is 13.2 Å². The van der Waals surface area contributed by atoms with Gasteiger partial charge in [0.1, 0.15) is 17.7 Å². The Morgan fingerprint density at radius 3 is 2.67 bits per heavy atom. The lowest BCUT2D eigenvalue weighted by Crippen LogP contribution is -2.55. The molecule has 1 aromatic carbocycles. The lowest BCUT2D eigenvalue weighted by atomic mass is 9.91. The van der Waals surface area contributed by atoms with Crippen molar-refractivity contribution in [2.24, 2.45) is 5.92 Å². The van der Waals surface area contributed by atoms with Crippen molar-refractivity contribution >= 4 is 39.3 Å². The van der Waals surface area contributed by atoms with E-state index in [9.17, 15) is 14.4 Å². The Balaban J connectivity index is 1.77. The van der Waals surface area contributed by atoms with Gasteiger partial charge in [0, 0.05) is 38.6 Å². The van der Waals surface area contributed by atoms with Crippen molar-refractivity contribution in [3.8, 4) is 6.07 Å². The predicted octanol–water partition coefficient (Wildman–Crippen LogP) is 2.40. The van der Waals surface area contributed by atoms with Crippen molar-refractivity contribution in [2.75, 3.05) is 19.8 Å². The summed E-state index contributed by atoms with van der Waals surface area (Å²) in [6.07, 6.45) is 2.88. The molecule has 2 atom stereocenters. The van der Waals surface area contributed by atoms with Gasteiger partial charge in [0.15, 0.2) is 0 Å². The maximum absolute atomic E-state index is 13.4. The molecule has 192 valence electrons. The van der Waals surface area contributed by atoms with Gasteiger partial charge in [-0.05, 0) is 42.9 Å². The lowest BCUT2D eigenvalue weighted by Gasteiger charge is -2.32. The number of aromatic nitrogens is 1. The number of rotatable bonds is 11. The van der Waals surface area contributed by atoms with Crippen LogP contribution in [0.4, 0.5) is 0 Å². The number of nitrogens with zero attached hydrogens (tertiary/aromatic N) is 2. The number of hydrogen-bond acceptors (Lipinski definition) is 7. The molecule has 1 aliphatic heterocycles. The molecule has 1 fully saturated rings. The lowest BCUT2D eigenvalue weighted by molar-refractivity contribution is -0.129. The van der Waals surface area contributed by atoms with Crippen LogP contribution in [0.15, 0.2) is 30.4 Å². The standard InChI is InChI=1S/C26H33N5O4S/c1-4-17-6-7-19-22(12-17)36-24(30-19)13-20(29-23(32)5-2)26(34)31-21(18-8-10-35-11-9-18)15-28-25(33)16(3)14-27/h6-7,12,18,20-21H,3-5,8-11,13,15H2,1-2H3,(H,28,33)(H,29,32)(H,31,34)/t20-,21?/m0/s1. The van der Waals surface area contributed by atoms with Crippen LogP contribution < -0.4 is 16.0 Å². The number of fused-ring (bicyclic) bond motifs is 1. The number of carbonyl (C=O) groups is 3. The van der Waals surface area contributed by atoms with E-state index >= 15 is 0 Å². The quantitative estimate of drug-likeness (QED) is 0.313. The molecule has 3 rings (SSSR count). The molecule has 3 N–H and O–H groups in total. The van der Waals surface area contributed by atoms with Gasteiger partial charge in [-0.25, -0.2) is 4.98 Å². The number of hydrogen-bond donors (Lipinski definition) is 3. The molecule has 10 heteroatoms. The molecule has 1 saturated heterocycles. The molecule has 0 aliphatic carbocycles. The summed E-state index contributed by atoms with van der Waals surface area (Å²) < 4.78 is 6.50.